The smallest absolute Gasteiger partial charge is 0.276 e. The van der Waals surface area contributed by atoms with Gasteiger partial charge in [0.25, 0.3) is 5.91 Å². The highest BCUT2D eigenvalue weighted by Gasteiger charge is 2.22. The number of hydrogen-bond donors (Lipinski definition) is 3. The second kappa shape index (κ2) is 12.1. The van der Waals surface area contributed by atoms with Crippen molar-refractivity contribution in [2.75, 3.05) is 18.8 Å². The number of nitrogens with zero attached hydrogens (tertiary/aromatic N) is 2. The molecule has 6 nitrogen and oxygen atoms in total. The number of nitrogens with one attached hydrogen (secondary N) is 1. The van der Waals surface area contributed by atoms with Crippen LogP contribution < -0.4 is 11.1 Å². The number of β-amino-alcohol motifs (C(OH)–C–C–N with tert-alkyl or cyclic N) is 1. The lowest BCUT2D eigenvalue weighted by Crippen LogP contribution is -2.39. The molecule has 0 unspecified atom stereocenters. The van der Waals surface area contributed by atoms with Gasteiger partial charge in [0.15, 0.2) is 5.69 Å². The molecule has 1 amide bonds. The molecule has 0 bridgehead atoms. The molecule has 32 heavy (non-hydrogen) atoms. The lowest BCUT2D eigenvalue weighted by Gasteiger charge is -2.33. The number of nitrogen functional groups attached to an aromatic ring is 1. The Morgan fingerprint density at radius 1 is 1.28 bits per heavy atom. The minimum absolute atomic E-state index is 0.161. The highest BCUT2D eigenvalue weighted by molar-refractivity contribution is 5.99. The van der Waals surface area contributed by atoms with Gasteiger partial charge in [-0.3, -0.25) is 4.79 Å². The quantitative estimate of drug-likeness (QED) is 0.480. The first-order valence-corrected chi connectivity index (χ1v) is 10.4. The van der Waals surface area contributed by atoms with Gasteiger partial charge in [0, 0.05) is 18.7 Å². The summed E-state index contributed by atoms with van der Waals surface area (Å²) >= 11 is 0. The number of allylic oxidation sites excluding steroid dienone is 3. The molecule has 4 N–H and O–H groups in total. The van der Waals surface area contributed by atoms with Gasteiger partial charge in [0.05, 0.1) is 28.9 Å². The minimum Gasteiger partial charge on any atom is -0.397 e. The van der Waals surface area contributed by atoms with Crippen molar-refractivity contribution in [2.45, 2.75) is 25.9 Å². The molecule has 3 rings (SSSR count). The van der Waals surface area contributed by atoms with E-state index in [1.165, 1.54) is 0 Å². The van der Waals surface area contributed by atoms with Crippen molar-refractivity contribution in [3.63, 3.8) is 0 Å². The van der Waals surface area contributed by atoms with Gasteiger partial charge in [0.1, 0.15) is 0 Å². The molecule has 1 aromatic carbocycles. The Bertz CT molecular complexity index is 1010. The molecular weight excluding hydrogens is 400 g/mol. The number of aliphatic hydroxyl groups excluding tert-OH is 1. The van der Waals surface area contributed by atoms with E-state index in [-0.39, 0.29) is 11.8 Å². The van der Waals surface area contributed by atoms with Crippen LogP contribution in [0.25, 0.3) is 11.3 Å². The van der Waals surface area contributed by atoms with Crippen LogP contribution in [0.4, 0.5) is 5.69 Å². The molecule has 1 aliphatic rings. The molecule has 1 atom stereocenters. The SMILES string of the molecule is C#C.C=C/C(NC(=O)c1nc(-c2ccccc2)ccc1N)=C(\C=C/C)N1CCC[C@H](O)C1. The fourth-order valence-corrected chi connectivity index (χ4v) is 3.52. The molecule has 0 radical (unpaired) electrons. The Balaban J connectivity index is 0.00000176. The highest BCUT2D eigenvalue weighted by atomic mass is 16.3. The van der Waals surface area contributed by atoms with Gasteiger partial charge in [-0.05, 0) is 44.1 Å². The molecule has 1 aliphatic heterocycles. The van der Waals surface area contributed by atoms with Gasteiger partial charge >= 0.3 is 0 Å². The standard InChI is InChI=1S/C24H28N4O2.C2H2/c1-3-9-22(28-15-8-12-18(29)16-28)20(4-2)27-24(30)23-19(25)13-14-21(26-23)17-10-6-5-7-11-17;1-2/h3-7,9-11,13-14,18,29H,2,8,12,15-16,25H2,1H3,(H,27,30);1-2H/b9-3-,22-20-;/t18-;/m0./s1. The first kappa shape index (κ1) is 24.4. The van der Waals surface area contributed by atoms with E-state index in [0.29, 0.717) is 23.6 Å². The molecule has 166 valence electrons. The summed E-state index contributed by atoms with van der Waals surface area (Å²) in [5.41, 5.74) is 9.46. The van der Waals surface area contributed by atoms with Crippen molar-refractivity contribution in [1.29, 1.82) is 0 Å². The molecule has 0 saturated carbocycles. The fraction of sp³-hybridized carbons (Fsp3) is 0.231. The van der Waals surface area contributed by atoms with Crippen molar-refractivity contribution in [3.8, 4) is 24.1 Å². The number of carbonyl (C=O) groups is 1. The Labute approximate surface area is 190 Å². The summed E-state index contributed by atoms with van der Waals surface area (Å²) < 4.78 is 0. The van der Waals surface area contributed by atoms with Crippen LogP contribution in [0.5, 0.6) is 0 Å². The van der Waals surface area contributed by atoms with Crippen molar-refractivity contribution < 1.29 is 9.90 Å². The first-order valence-electron chi connectivity index (χ1n) is 10.4. The van der Waals surface area contributed by atoms with E-state index in [9.17, 15) is 9.90 Å². The van der Waals surface area contributed by atoms with Gasteiger partial charge in [-0.25, -0.2) is 4.98 Å². The van der Waals surface area contributed by atoms with Crippen molar-refractivity contribution in [2.24, 2.45) is 0 Å². The topological polar surface area (TPSA) is 91.5 Å². The summed E-state index contributed by atoms with van der Waals surface area (Å²) in [6, 6.07) is 13.1. The summed E-state index contributed by atoms with van der Waals surface area (Å²) in [6.07, 6.45) is 14.7. The predicted molar refractivity (Wildman–Crippen MR) is 130 cm³/mol. The van der Waals surface area contributed by atoms with Crippen LogP contribution in [0.15, 0.2) is 78.7 Å². The van der Waals surface area contributed by atoms with E-state index in [2.05, 4.69) is 34.6 Å². The molecule has 6 heteroatoms. The van der Waals surface area contributed by atoms with Crippen LogP contribution in [0.2, 0.25) is 0 Å². The fourth-order valence-electron chi connectivity index (χ4n) is 3.52. The van der Waals surface area contributed by atoms with E-state index in [0.717, 1.165) is 30.6 Å². The Morgan fingerprint density at radius 3 is 2.62 bits per heavy atom. The number of carbonyl (C=O) groups excluding carboxylic acids is 1. The molecule has 0 aliphatic carbocycles. The number of nitrogens with two attached hydrogens (primary N) is 1. The maximum absolute atomic E-state index is 13.0. The zero-order chi connectivity index (χ0) is 23.5. The molecule has 1 saturated heterocycles. The first-order chi connectivity index (χ1) is 15.5. The van der Waals surface area contributed by atoms with Crippen LogP contribution in [0.1, 0.15) is 30.3 Å². The van der Waals surface area contributed by atoms with Gasteiger partial charge in [-0.15, -0.1) is 12.8 Å². The third-order valence-electron chi connectivity index (χ3n) is 5.00. The number of hydrogen-bond acceptors (Lipinski definition) is 5. The normalized spacial score (nSPS) is 16.5. The second-order valence-corrected chi connectivity index (χ2v) is 7.20. The summed E-state index contributed by atoms with van der Waals surface area (Å²) in [7, 11) is 0. The Kier molecular flexibility index (Phi) is 9.27. The lowest BCUT2D eigenvalue weighted by molar-refractivity contribution is 0.0886. The molecule has 1 aromatic heterocycles. The largest absolute Gasteiger partial charge is 0.397 e. The molecule has 0 spiro atoms. The predicted octanol–water partition coefficient (Wildman–Crippen LogP) is 3.74. The number of rotatable bonds is 6. The average Bonchev–Trinajstić information content (AvgIpc) is 2.83. The molecule has 2 heterocycles. The minimum atomic E-state index is -0.403. The van der Waals surface area contributed by atoms with Crippen LogP contribution in [0, 0.1) is 12.8 Å². The summed E-state index contributed by atoms with van der Waals surface area (Å²) in [5, 5.41) is 13.0. The van der Waals surface area contributed by atoms with E-state index in [1.807, 2.05) is 49.4 Å². The lowest BCUT2D eigenvalue weighted by atomic mass is 10.1. The zero-order valence-electron chi connectivity index (χ0n) is 18.4. The summed E-state index contributed by atoms with van der Waals surface area (Å²) in [4.78, 5) is 19.6. The molecule has 1 fully saturated rings. The van der Waals surface area contributed by atoms with Gasteiger partial charge in [-0.2, -0.15) is 0 Å². The van der Waals surface area contributed by atoms with E-state index >= 15 is 0 Å². The number of aromatic nitrogens is 1. The van der Waals surface area contributed by atoms with Crippen LogP contribution in [-0.2, 0) is 0 Å². The number of likely N-dealkylation sites (tertiary alicyclic amines) is 1. The summed E-state index contributed by atoms with van der Waals surface area (Å²) in [6.45, 7) is 7.08. The van der Waals surface area contributed by atoms with Crippen molar-refractivity contribution >= 4 is 11.6 Å². The van der Waals surface area contributed by atoms with Crippen molar-refractivity contribution in [1.82, 2.24) is 15.2 Å². The number of amides is 1. The van der Waals surface area contributed by atoms with Crippen molar-refractivity contribution in [3.05, 3.63) is 84.4 Å². The number of pyridine rings is 1. The maximum Gasteiger partial charge on any atom is 0.276 e. The van der Waals surface area contributed by atoms with Crippen LogP contribution >= 0.6 is 0 Å². The Hall–Kier alpha value is -3.82. The molecular formula is C26H30N4O2. The zero-order valence-corrected chi connectivity index (χ0v) is 18.4. The number of aliphatic hydroxyl groups is 1. The van der Waals surface area contributed by atoms with E-state index < -0.39 is 5.91 Å². The molecule has 2 aromatic rings. The van der Waals surface area contributed by atoms with Gasteiger partial charge in [0.2, 0.25) is 0 Å². The van der Waals surface area contributed by atoms with Crippen LogP contribution in [-0.4, -0.2) is 40.1 Å². The Morgan fingerprint density at radius 2 is 2.00 bits per heavy atom. The summed E-state index contributed by atoms with van der Waals surface area (Å²) in [5.74, 6) is -0.403. The number of benzene rings is 1. The van der Waals surface area contributed by atoms with Crippen LogP contribution in [0.3, 0.4) is 0 Å². The maximum atomic E-state index is 13.0. The monoisotopic (exact) mass is 430 g/mol. The average molecular weight is 431 g/mol. The van der Waals surface area contributed by atoms with Gasteiger partial charge in [-0.1, -0.05) is 43.0 Å². The van der Waals surface area contributed by atoms with Gasteiger partial charge < -0.3 is 21.1 Å². The second-order valence-electron chi connectivity index (χ2n) is 7.20. The van der Waals surface area contributed by atoms with E-state index in [1.54, 1.807) is 18.2 Å². The number of piperidine rings is 1. The third kappa shape index (κ3) is 6.10. The van der Waals surface area contributed by atoms with E-state index in [4.69, 9.17) is 5.73 Å². The third-order valence-corrected chi connectivity index (χ3v) is 5.00. The number of terminal acetylenes is 1. The number of anilines is 1. The highest BCUT2D eigenvalue weighted by Crippen LogP contribution is 2.22.